The van der Waals surface area contributed by atoms with Crippen LogP contribution in [-0.2, 0) is 16.2 Å². The van der Waals surface area contributed by atoms with Gasteiger partial charge in [-0.25, -0.2) is 0 Å². The van der Waals surface area contributed by atoms with Gasteiger partial charge in [-0.3, -0.25) is 14.4 Å². The number of rotatable bonds is 5. The third-order valence-electron chi connectivity index (χ3n) is 8.88. The van der Waals surface area contributed by atoms with Crippen molar-refractivity contribution in [1.82, 2.24) is 14.6 Å². The van der Waals surface area contributed by atoms with Gasteiger partial charge in [0.25, 0.3) is 11.8 Å². The quantitative estimate of drug-likeness (QED) is 0.140. The molecule has 2 aliphatic heterocycles. The number of aromatic nitrogens is 2. The fourth-order valence-corrected chi connectivity index (χ4v) is 6.78. The third-order valence-corrected chi connectivity index (χ3v) is 8.88. The van der Waals surface area contributed by atoms with Crippen LogP contribution in [0.25, 0.3) is 43.6 Å². The van der Waals surface area contributed by atoms with E-state index in [1.54, 1.807) is 36.4 Å². The summed E-state index contributed by atoms with van der Waals surface area (Å²) in [5.74, 6) is -1.66. The van der Waals surface area contributed by atoms with Crippen LogP contribution >= 0.6 is 0 Å². The number of aromatic amines is 1. The number of benzene rings is 4. The van der Waals surface area contributed by atoms with Crippen molar-refractivity contribution in [3.8, 4) is 11.5 Å². The Morgan fingerprint density at radius 2 is 1.48 bits per heavy atom. The Hall–Kier alpha value is -5.02. The molecule has 46 heavy (non-hydrogen) atoms. The Morgan fingerprint density at radius 3 is 2.20 bits per heavy atom. The van der Waals surface area contributed by atoms with E-state index in [0.29, 0.717) is 32.3 Å². The van der Waals surface area contributed by atoms with E-state index in [1.807, 2.05) is 6.07 Å². The van der Waals surface area contributed by atoms with Crippen LogP contribution in [0.4, 0.5) is 0 Å². The summed E-state index contributed by atoms with van der Waals surface area (Å²) in [5, 5.41) is 65.5. The van der Waals surface area contributed by atoms with Crippen LogP contribution in [0.2, 0.25) is 0 Å². The van der Waals surface area contributed by atoms with Gasteiger partial charge in [-0.05, 0) is 29.8 Å². The maximum absolute atomic E-state index is 14.2. The van der Waals surface area contributed by atoms with E-state index in [2.05, 4.69) is 4.98 Å². The fourth-order valence-electron chi connectivity index (χ4n) is 6.78. The highest BCUT2D eigenvalue weighted by molar-refractivity contribution is 6.39. The van der Waals surface area contributed by atoms with Crippen molar-refractivity contribution in [2.24, 2.45) is 0 Å². The summed E-state index contributed by atoms with van der Waals surface area (Å²) < 4.78 is 7.45. The normalized spacial score (nSPS) is 23.4. The number of H-pyrrole nitrogens is 1. The number of fused-ring (bicyclic) bond motifs is 10. The molecule has 13 nitrogen and oxygen atoms in total. The van der Waals surface area contributed by atoms with Gasteiger partial charge in [0.1, 0.15) is 42.5 Å². The number of hydrogen-bond donors (Lipinski definition) is 7. The number of amides is 2. The molecule has 2 aliphatic rings. The van der Waals surface area contributed by atoms with Gasteiger partial charge >= 0.3 is 0 Å². The van der Waals surface area contributed by atoms with Crippen molar-refractivity contribution in [2.45, 2.75) is 37.3 Å². The molecule has 5 atom stereocenters. The van der Waals surface area contributed by atoms with E-state index in [0.717, 1.165) is 5.56 Å². The van der Waals surface area contributed by atoms with Crippen molar-refractivity contribution in [2.75, 3.05) is 6.61 Å². The minimum atomic E-state index is -1.73. The molecule has 0 saturated carbocycles. The van der Waals surface area contributed by atoms with E-state index in [1.165, 1.54) is 28.8 Å². The summed E-state index contributed by atoms with van der Waals surface area (Å²) in [7, 11) is 0. The second-order valence-corrected chi connectivity index (χ2v) is 11.5. The predicted octanol–water partition coefficient (Wildman–Crippen LogP) is 2.54. The van der Waals surface area contributed by atoms with Crippen LogP contribution in [-0.4, -0.2) is 88.1 Å². The number of nitrogens with one attached hydrogen (secondary N) is 1. The molecule has 234 valence electrons. The van der Waals surface area contributed by atoms with Gasteiger partial charge in [-0.2, -0.15) is 0 Å². The summed E-state index contributed by atoms with van der Waals surface area (Å²) in [6.07, 6.45) is -7.78. The van der Waals surface area contributed by atoms with E-state index < -0.39 is 49.1 Å². The summed E-state index contributed by atoms with van der Waals surface area (Å²) >= 11 is 0. The average Bonchev–Trinajstić information content (AvgIpc) is 3.66. The number of carbonyl (C=O) groups excluding carboxylic acids is 2. The maximum Gasteiger partial charge on any atom is 0.286 e. The standard InChI is InChI=1S/C33H27N3O10/c37-12-21-28(40)29(41)30(42)33(46-21)35-20-11-16(39)7-9-18(20)23-25-24(22-17-8-6-15(38)10-19(17)34-26(22)27(23)35)31(43)36(32(25)44)45-13-14-4-2-1-3-5-14/h1-11,21,28-30,33-34,37-42H,12-13H2. The predicted molar refractivity (Wildman–Crippen MR) is 163 cm³/mol. The van der Waals surface area contributed by atoms with Gasteiger partial charge in [-0.1, -0.05) is 30.3 Å². The van der Waals surface area contributed by atoms with E-state index in [-0.39, 0.29) is 45.7 Å². The zero-order valence-electron chi connectivity index (χ0n) is 23.9. The van der Waals surface area contributed by atoms with Crippen LogP contribution in [0.15, 0.2) is 66.7 Å². The van der Waals surface area contributed by atoms with Crippen LogP contribution in [0.3, 0.4) is 0 Å². The average molecular weight is 626 g/mol. The lowest BCUT2D eigenvalue weighted by atomic mass is 9.96. The molecule has 4 aromatic carbocycles. The first-order chi connectivity index (χ1) is 22.2. The molecule has 13 heteroatoms. The summed E-state index contributed by atoms with van der Waals surface area (Å²) in [5.41, 5.74) is 2.08. The van der Waals surface area contributed by atoms with Crippen molar-refractivity contribution in [3.63, 3.8) is 0 Å². The number of aromatic hydroxyl groups is 2. The van der Waals surface area contributed by atoms with Gasteiger partial charge in [-0.15, -0.1) is 5.06 Å². The van der Waals surface area contributed by atoms with Gasteiger partial charge < -0.3 is 44.9 Å². The topological polar surface area (TPSA) is 198 Å². The number of phenols is 2. The number of phenolic OH excluding ortho intramolecular Hbond substituents is 2. The molecule has 5 unspecified atom stereocenters. The molecule has 0 bridgehead atoms. The van der Waals surface area contributed by atoms with Crippen LogP contribution in [0, 0.1) is 0 Å². The lowest BCUT2D eigenvalue weighted by Gasteiger charge is -2.41. The summed E-state index contributed by atoms with van der Waals surface area (Å²) in [6.45, 7) is -0.748. The Kier molecular flexibility index (Phi) is 6.34. The highest BCUT2D eigenvalue weighted by Crippen LogP contribution is 2.48. The second kappa shape index (κ2) is 10.3. The minimum Gasteiger partial charge on any atom is -0.508 e. The number of hydroxylamine groups is 2. The monoisotopic (exact) mass is 625 g/mol. The largest absolute Gasteiger partial charge is 0.508 e. The number of ether oxygens (including phenoxy) is 1. The molecule has 1 saturated heterocycles. The molecule has 6 aromatic rings. The molecule has 7 N–H and O–H groups in total. The summed E-state index contributed by atoms with van der Waals surface area (Å²) in [4.78, 5) is 37.4. The van der Waals surface area contributed by atoms with Crippen molar-refractivity contribution in [3.05, 3.63) is 83.4 Å². The van der Waals surface area contributed by atoms with Gasteiger partial charge in [0, 0.05) is 33.7 Å². The maximum atomic E-state index is 14.2. The SMILES string of the molecule is O=C1c2c(c3c4ccc(O)cc4n(C4OC(CO)C(O)C(O)C4O)c3c3[nH]c4cc(O)ccc4c23)C(=O)N1OCc1ccccc1. The molecule has 4 heterocycles. The minimum absolute atomic E-state index is 0.00793. The first kappa shape index (κ1) is 28.5. The Labute approximate surface area is 258 Å². The number of imide groups is 1. The smallest absolute Gasteiger partial charge is 0.286 e. The highest BCUT2D eigenvalue weighted by atomic mass is 16.7. The number of carbonyl (C=O) groups is 2. The van der Waals surface area contributed by atoms with Gasteiger partial charge in [0.15, 0.2) is 6.23 Å². The first-order valence-corrected chi connectivity index (χ1v) is 14.5. The van der Waals surface area contributed by atoms with Gasteiger partial charge in [0.05, 0.1) is 39.8 Å². The number of nitrogens with zero attached hydrogens (tertiary/aromatic N) is 2. The molecular weight excluding hydrogens is 598 g/mol. The molecular formula is C33H27N3O10. The molecule has 1 fully saturated rings. The first-order valence-electron chi connectivity index (χ1n) is 14.5. The van der Waals surface area contributed by atoms with Crippen molar-refractivity contribution in [1.29, 1.82) is 0 Å². The Balaban J connectivity index is 1.47. The van der Waals surface area contributed by atoms with E-state index in [4.69, 9.17) is 9.57 Å². The van der Waals surface area contributed by atoms with Gasteiger partial charge in [0.2, 0.25) is 0 Å². The zero-order valence-corrected chi connectivity index (χ0v) is 23.9. The van der Waals surface area contributed by atoms with E-state index >= 15 is 0 Å². The van der Waals surface area contributed by atoms with Crippen LogP contribution in [0.5, 0.6) is 11.5 Å². The molecule has 2 aromatic heterocycles. The fraction of sp³-hybridized carbons (Fsp3) is 0.212. The Bertz CT molecular complexity index is 2220. The van der Waals surface area contributed by atoms with Crippen molar-refractivity contribution >= 4 is 55.4 Å². The summed E-state index contributed by atoms with van der Waals surface area (Å²) in [6, 6.07) is 17.9. The highest BCUT2D eigenvalue weighted by Gasteiger charge is 2.47. The Morgan fingerprint density at radius 1 is 0.804 bits per heavy atom. The molecule has 0 aliphatic carbocycles. The number of aliphatic hydroxyl groups excluding tert-OH is 4. The zero-order chi connectivity index (χ0) is 32.0. The molecule has 8 rings (SSSR count). The number of aliphatic hydroxyl groups is 4. The molecule has 2 amide bonds. The molecule has 0 radical (unpaired) electrons. The van der Waals surface area contributed by atoms with E-state index in [9.17, 15) is 40.2 Å². The van der Waals surface area contributed by atoms with Crippen molar-refractivity contribution < 1.29 is 49.8 Å². The molecule has 0 spiro atoms. The van der Waals surface area contributed by atoms with Crippen LogP contribution < -0.4 is 0 Å². The third kappa shape index (κ3) is 3.91. The lowest BCUT2D eigenvalue weighted by molar-refractivity contribution is -0.249. The lowest BCUT2D eigenvalue weighted by Crippen LogP contribution is -2.56. The number of hydrogen-bond acceptors (Lipinski definition) is 10. The van der Waals surface area contributed by atoms with Crippen LogP contribution in [0.1, 0.15) is 32.5 Å². The second-order valence-electron chi connectivity index (χ2n) is 11.5.